The number of para-hydroxylation sites is 1. The van der Waals surface area contributed by atoms with Gasteiger partial charge in [0.25, 0.3) is 0 Å². The van der Waals surface area contributed by atoms with Crippen LogP contribution >= 0.6 is 12.4 Å². The number of hydrogen-bond acceptors (Lipinski definition) is 9. The molecule has 1 saturated heterocycles. The molecule has 1 aromatic heterocycles. The van der Waals surface area contributed by atoms with E-state index in [-0.39, 0.29) is 29.4 Å². The molecule has 12 nitrogen and oxygen atoms in total. The monoisotopic (exact) mass is 579 g/mol. The molecule has 14 heteroatoms. The maximum Gasteiger partial charge on any atom is 0.243 e. The fourth-order valence-corrected chi connectivity index (χ4v) is 6.99. The summed E-state index contributed by atoms with van der Waals surface area (Å²) in [6, 6.07) is 4.44. The first-order valence-corrected chi connectivity index (χ1v) is 14.8. The van der Waals surface area contributed by atoms with Gasteiger partial charge in [-0.05, 0) is 62.0 Å². The van der Waals surface area contributed by atoms with Gasteiger partial charge < -0.3 is 15.2 Å². The summed E-state index contributed by atoms with van der Waals surface area (Å²) in [5.41, 5.74) is 5.45. The number of aryl methyl sites for hydroxylation is 1. The van der Waals surface area contributed by atoms with E-state index in [1.807, 2.05) is 11.1 Å². The first-order valence-electron chi connectivity index (χ1n) is 13.4. The Morgan fingerprint density at radius 1 is 1.26 bits per heavy atom. The Labute approximate surface area is 235 Å². The molecule has 4 N–H and O–H groups in total. The van der Waals surface area contributed by atoms with Crippen LogP contribution < -0.4 is 15.6 Å². The van der Waals surface area contributed by atoms with E-state index in [0.717, 1.165) is 30.5 Å². The quantitative estimate of drug-likeness (QED) is 0.357. The van der Waals surface area contributed by atoms with Crippen LogP contribution in [0.1, 0.15) is 50.8 Å². The Morgan fingerprint density at radius 3 is 2.85 bits per heavy atom. The Bertz CT molecular complexity index is 1250. The van der Waals surface area contributed by atoms with Crippen molar-refractivity contribution in [1.29, 1.82) is 0 Å². The zero-order valence-electron chi connectivity index (χ0n) is 22.3. The van der Waals surface area contributed by atoms with Gasteiger partial charge in [0.1, 0.15) is 23.8 Å². The lowest BCUT2D eigenvalue weighted by Crippen LogP contribution is -2.60. The van der Waals surface area contributed by atoms with Crippen molar-refractivity contribution in [3.05, 3.63) is 42.0 Å². The predicted octanol–water partition coefficient (Wildman–Crippen LogP) is 2.83. The smallest absolute Gasteiger partial charge is 0.243 e. The van der Waals surface area contributed by atoms with Crippen LogP contribution in [0, 0.1) is 11.8 Å². The van der Waals surface area contributed by atoms with Crippen LogP contribution in [0.5, 0.6) is 0 Å². The minimum absolute atomic E-state index is 0. The number of aromatic amines is 1. The number of halogens is 1. The van der Waals surface area contributed by atoms with Crippen LogP contribution in [0.4, 0.5) is 5.69 Å². The third-order valence-corrected chi connectivity index (χ3v) is 9.14. The molecule has 4 atom stereocenters. The second kappa shape index (κ2) is 12.6. The highest BCUT2D eigenvalue weighted by Gasteiger charge is 2.39. The van der Waals surface area contributed by atoms with Gasteiger partial charge in [0.15, 0.2) is 0 Å². The highest BCUT2D eigenvalue weighted by atomic mass is 35.5. The molecule has 1 aromatic carbocycles. The number of hydrogen-bond donors (Lipinski definition) is 4. The molecule has 3 aliphatic heterocycles. The van der Waals surface area contributed by atoms with E-state index >= 15 is 0 Å². The van der Waals surface area contributed by atoms with E-state index in [0.29, 0.717) is 56.5 Å². The molecule has 5 rings (SSSR count). The van der Waals surface area contributed by atoms with Gasteiger partial charge in [-0.25, -0.2) is 18.9 Å². The van der Waals surface area contributed by atoms with Crippen molar-refractivity contribution in [2.45, 2.75) is 69.5 Å². The predicted molar refractivity (Wildman–Crippen MR) is 149 cm³/mol. The van der Waals surface area contributed by atoms with Crippen molar-refractivity contribution in [3.63, 3.8) is 0 Å². The van der Waals surface area contributed by atoms with Gasteiger partial charge in [0.2, 0.25) is 15.9 Å². The van der Waals surface area contributed by atoms with Gasteiger partial charge in [-0.3, -0.25) is 4.79 Å². The lowest BCUT2D eigenvalue weighted by atomic mass is 9.95. The summed E-state index contributed by atoms with van der Waals surface area (Å²) in [5, 5.41) is 13.0. The van der Waals surface area contributed by atoms with E-state index in [1.54, 1.807) is 29.6 Å². The molecular weight excluding hydrogens is 542 g/mol. The summed E-state index contributed by atoms with van der Waals surface area (Å²) >= 11 is 0. The zero-order chi connectivity index (χ0) is 26.7. The molecule has 3 aliphatic rings. The number of fused-ring (bicyclic) bond motifs is 1. The molecule has 0 saturated carbocycles. The van der Waals surface area contributed by atoms with E-state index in [1.165, 1.54) is 0 Å². The molecule has 4 unspecified atom stereocenters. The number of rotatable bonds is 9. The molecule has 214 valence electrons. The van der Waals surface area contributed by atoms with Crippen LogP contribution in [0.3, 0.4) is 0 Å². The highest BCUT2D eigenvalue weighted by molar-refractivity contribution is 7.89. The van der Waals surface area contributed by atoms with Gasteiger partial charge >= 0.3 is 0 Å². The van der Waals surface area contributed by atoms with Crippen LogP contribution in [0.2, 0.25) is 0 Å². The average Bonchev–Trinajstić information content (AvgIpc) is 3.62. The van der Waals surface area contributed by atoms with Gasteiger partial charge in [-0.1, -0.05) is 31.2 Å². The summed E-state index contributed by atoms with van der Waals surface area (Å²) in [7, 11) is -3.98. The number of likely N-dealkylation sites (tertiary alicyclic amines) is 1. The summed E-state index contributed by atoms with van der Waals surface area (Å²) in [5.74, 6) is 0.614. The Hall–Kier alpha value is -2.74. The standard InChI is InChI=1S/C25H37N9O3S.ClH/c1-17-9-10-33(23(12-17)34-16-29-31-32-34)25(35)21(7-4-6-20-14-26-15-28-20)30-38(36,37)22-8-3-5-19-11-18(2)13-27-24(19)22;/h3,5,8,14-15,17-18,21,23,27,30H,4,6-7,9-13,16H2,1-2H3,(H,26,28)(H,29,32);1H. The Morgan fingerprint density at radius 2 is 2.10 bits per heavy atom. The molecule has 0 bridgehead atoms. The summed E-state index contributed by atoms with van der Waals surface area (Å²) < 4.78 is 30.3. The van der Waals surface area contributed by atoms with E-state index in [2.05, 4.69) is 49.7 Å². The van der Waals surface area contributed by atoms with Crippen LogP contribution in [-0.2, 0) is 27.7 Å². The second-order valence-corrected chi connectivity index (χ2v) is 12.4. The number of benzene rings is 1. The number of nitrogens with zero attached hydrogens (tertiary/aromatic N) is 5. The highest BCUT2D eigenvalue weighted by Crippen LogP contribution is 2.32. The van der Waals surface area contributed by atoms with Crippen molar-refractivity contribution in [2.75, 3.05) is 25.1 Å². The average molecular weight is 580 g/mol. The molecule has 0 radical (unpaired) electrons. The minimum Gasteiger partial charge on any atom is -0.383 e. The molecule has 0 spiro atoms. The largest absolute Gasteiger partial charge is 0.383 e. The molecule has 0 aliphatic carbocycles. The first-order chi connectivity index (χ1) is 18.3. The number of carbonyl (C=O) groups is 1. The van der Waals surface area contributed by atoms with Crippen molar-refractivity contribution in [2.24, 2.45) is 22.2 Å². The van der Waals surface area contributed by atoms with Gasteiger partial charge in [-0.15, -0.1) is 12.4 Å². The van der Waals surface area contributed by atoms with E-state index in [4.69, 9.17) is 0 Å². The van der Waals surface area contributed by atoms with E-state index < -0.39 is 16.1 Å². The van der Waals surface area contributed by atoms with Crippen molar-refractivity contribution < 1.29 is 13.2 Å². The number of sulfonamides is 1. The number of amides is 1. The summed E-state index contributed by atoms with van der Waals surface area (Å²) in [4.78, 5) is 23.2. The number of hydrazine groups is 1. The van der Waals surface area contributed by atoms with Gasteiger partial charge in [0.05, 0.1) is 12.0 Å². The third-order valence-electron chi connectivity index (χ3n) is 7.63. The number of anilines is 1. The SMILES string of the molecule is CC1CNc2c(cccc2S(=O)(=O)NC(CCCc2cnc[nH]2)C(=O)N2CCC(C)CC2N2CN=NN2)C1.Cl. The maximum absolute atomic E-state index is 14.1. The Kier molecular flexibility index (Phi) is 9.47. The molecule has 1 amide bonds. The van der Waals surface area contributed by atoms with Crippen molar-refractivity contribution >= 4 is 34.0 Å². The van der Waals surface area contributed by atoms with Crippen molar-refractivity contribution in [1.82, 2.24) is 30.1 Å². The van der Waals surface area contributed by atoms with Crippen LogP contribution in [-0.4, -0.2) is 66.2 Å². The van der Waals surface area contributed by atoms with Gasteiger partial charge in [-0.2, -0.15) is 14.8 Å². The first kappa shape index (κ1) is 29.2. The number of piperidine rings is 1. The zero-order valence-corrected chi connectivity index (χ0v) is 24.0. The molecule has 4 heterocycles. The summed E-state index contributed by atoms with van der Waals surface area (Å²) in [6.45, 7) is 5.89. The Balaban J connectivity index is 0.00000353. The normalized spacial score (nSPS) is 23.8. The number of carbonyl (C=O) groups excluding carboxylic acids is 1. The maximum atomic E-state index is 14.1. The number of imidazole rings is 1. The van der Waals surface area contributed by atoms with Crippen LogP contribution in [0.15, 0.2) is 46.0 Å². The summed E-state index contributed by atoms with van der Waals surface area (Å²) in [6.07, 6.45) is 7.17. The molecular formula is C25H38ClN9O3S. The van der Waals surface area contributed by atoms with Crippen molar-refractivity contribution in [3.8, 4) is 0 Å². The molecule has 39 heavy (non-hydrogen) atoms. The number of H-pyrrole nitrogens is 1. The molecule has 2 aromatic rings. The van der Waals surface area contributed by atoms with Crippen LogP contribution in [0.25, 0.3) is 0 Å². The lowest BCUT2D eigenvalue weighted by Gasteiger charge is -2.43. The molecule has 1 fully saturated rings. The van der Waals surface area contributed by atoms with E-state index in [9.17, 15) is 13.2 Å². The third kappa shape index (κ3) is 6.71. The lowest BCUT2D eigenvalue weighted by molar-refractivity contribution is -0.144. The number of nitrogens with one attached hydrogen (secondary N) is 4. The minimum atomic E-state index is -3.98. The second-order valence-electron chi connectivity index (χ2n) is 10.7. The topological polar surface area (TPSA) is 147 Å². The fraction of sp³-hybridized carbons (Fsp3) is 0.600. The van der Waals surface area contributed by atoms with Gasteiger partial charge in [0, 0.05) is 25.0 Å². The fourth-order valence-electron chi connectivity index (χ4n) is 5.54. The number of aromatic nitrogens is 2.